The molecule has 0 saturated carbocycles. The van der Waals surface area contributed by atoms with Crippen molar-refractivity contribution in [3.05, 3.63) is 77.9 Å². The van der Waals surface area contributed by atoms with Crippen molar-refractivity contribution in [3.8, 4) is 23.0 Å². The third-order valence-electron chi connectivity index (χ3n) is 4.26. The van der Waals surface area contributed by atoms with Gasteiger partial charge in [-0.1, -0.05) is 18.2 Å². The highest BCUT2D eigenvalue weighted by atomic mass is 16.5. The zero-order valence-electron chi connectivity index (χ0n) is 16.8. The van der Waals surface area contributed by atoms with Crippen LogP contribution in [0.1, 0.15) is 20.7 Å². The van der Waals surface area contributed by atoms with Crippen LogP contribution >= 0.6 is 0 Å². The quantitative estimate of drug-likeness (QED) is 0.467. The molecule has 7 heteroatoms. The summed E-state index contributed by atoms with van der Waals surface area (Å²) in [6.07, 6.45) is 0. The summed E-state index contributed by atoms with van der Waals surface area (Å²) < 4.78 is 21.1. The number of nitrogens with one attached hydrogen (secondary N) is 1. The van der Waals surface area contributed by atoms with Crippen LogP contribution in [0.4, 0.5) is 5.69 Å². The molecule has 0 spiro atoms. The molecule has 1 N–H and O–H groups in total. The highest BCUT2D eigenvalue weighted by Crippen LogP contribution is 2.38. The van der Waals surface area contributed by atoms with Gasteiger partial charge in [-0.2, -0.15) is 0 Å². The van der Waals surface area contributed by atoms with Crippen LogP contribution in [0.15, 0.2) is 66.7 Å². The van der Waals surface area contributed by atoms with E-state index in [0.29, 0.717) is 39.8 Å². The Morgan fingerprint density at radius 3 is 1.87 bits per heavy atom. The number of ether oxygens (including phenoxy) is 4. The Labute approximate surface area is 174 Å². The normalized spacial score (nSPS) is 10.1. The van der Waals surface area contributed by atoms with Gasteiger partial charge in [-0.15, -0.1) is 0 Å². The van der Waals surface area contributed by atoms with Crippen LogP contribution in [0.25, 0.3) is 0 Å². The van der Waals surface area contributed by atoms with E-state index in [1.165, 1.54) is 21.3 Å². The zero-order valence-corrected chi connectivity index (χ0v) is 16.8. The van der Waals surface area contributed by atoms with Crippen LogP contribution in [-0.4, -0.2) is 33.2 Å². The maximum Gasteiger partial charge on any atom is 0.343 e. The molecule has 0 heterocycles. The van der Waals surface area contributed by atoms with Gasteiger partial charge in [0.05, 0.1) is 26.9 Å². The smallest absolute Gasteiger partial charge is 0.343 e. The average molecular weight is 407 g/mol. The molecule has 30 heavy (non-hydrogen) atoms. The first-order valence-corrected chi connectivity index (χ1v) is 9.04. The van der Waals surface area contributed by atoms with Crippen LogP contribution < -0.4 is 24.3 Å². The van der Waals surface area contributed by atoms with Crippen molar-refractivity contribution in [1.82, 2.24) is 0 Å². The summed E-state index contributed by atoms with van der Waals surface area (Å²) in [4.78, 5) is 24.8. The monoisotopic (exact) mass is 407 g/mol. The summed E-state index contributed by atoms with van der Waals surface area (Å²) in [7, 11) is 4.45. The second-order valence-electron chi connectivity index (χ2n) is 6.15. The molecule has 3 rings (SSSR count). The molecule has 0 atom stereocenters. The molecule has 0 bridgehead atoms. The minimum absolute atomic E-state index is 0.337. The Hall–Kier alpha value is -4.00. The molecule has 0 fully saturated rings. The minimum Gasteiger partial charge on any atom is -0.493 e. The summed E-state index contributed by atoms with van der Waals surface area (Å²) in [6, 6.07) is 18.3. The van der Waals surface area contributed by atoms with Crippen molar-refractivity contribution in [2.24, 2.45) is 0 Å². The lowest BCUT2D eigenvalue weighted by molar-refractivity contribution is 0.0734. The van der Waals surface area contributed by atoms with Gasteiger partial charge in [0, 0.05) is 11.3 Å². The van der Waals surface area contributed by atoms with Gasteiger partial charge < -0.3 is 24.3 Å². The number of carbonyl (C=O) groups is 2. The van der Waals surface area contributed by atoms with Crippen molar-refractivity contribution in [2.45, 2.75) is 0 Å². The number of amides is 1. The fourth-order valence-corrected chi connectivity index (χ4v) is 2.76. The van der Waals surface area contributed by atoms with Crippen LogP contribution in [0.5, 0.6) is 23.0 Å². The Morgan fingerprint density at radius 2 is 1.33 bits per heavy atom. The van der Waals surface area contributed by atoms with Crippen LogP contribution in [0.3, 0.4) is 0 Å². The van der Waals surface area contributed by atoms with Gasteiger partial charge in [0.25, 0.3) is 5.91 Å². The molecule has 0 aliphatic carbocycles. The fraction of sp³-hybridized carbons (Fsp3) is 0.130. The molecular formula is C23H21NO6. The van der Waals surface area contributed by atoms with Gasteiger partial charge >= 0.3 is 5.97 Å². The molecule has 0 saturated heterocycles. The SMILES string of the molecule is COc1cc(C(=O)Nc2ccc(OC(=O)c3ccccc3)cc2)cc(OC)c1OC. The van der Waals surface area contributed by atoms with E-state index in [2.05, 4.69) is 5.32 Å². The number of hydrogen-bond acceptors (Lipinski definition) is 6. The van der Waals surface area contributed by atoms with Crippen LogP contribution in [0.2, 0.25) is 0 Å². The molecule has 0 aliphatic rings. The maximum atomic E-state index is 12.6. The number of benzene rings is 3. The zero-order chi connectivity index (χ0) is 21.5. The third-order valence-corrected chi connectivity index (χ3v) is 4.26. The van der Waals surface area contributed by atoms with E-state index in [1.807, 2.05) is 6.07 Å². The molecule has 0 aliphatic heterocycles. The Bertz CT molecular complexity index is 1010. The van der Waals surface area contributed by atoms with Gasteiger partial charge in [0.2, 0.25) is 5.75 Å². The van der Waals surface area contributed by atoms with E-state index in [0.717, 1.165) is 0 Å². The molecule has 154 valence electrons. The standard InChI is InChI=1S/C23H21NO6/c1-27-19-13-16(14-20(28-2)21(19)29-3)22(25)24-17-9-11-18(12-10-17)30-23(26)15-7-5-4-6-8-15/h4-14H,1-3H3,(H,24,25). The highest BCUT2D eigenvalue weighted by molar-refractivity contribution is 6.05. The number of methoxy groups -OCH3 is 3. The predicted molar refractivity (Wildman–Crippen MR) is 112 cm³/mol. The lowest BCUT2D eigenvalue weighted by Crippen LogP contribution is -2.13. The molecule has 1 amide bonds. The maximum absolute atomic E-state index is 12.6. The lowest BCUT2D eigenvalue weighted by Gasteiger charge is -2.14. The second kappa shape index (κ2) is 9.47. The molecular weight excluding hydrogens is 386 g/mol. The first-order chi connectivity index (χ1) is 14.5. The van der Waals surface area contributed by atoms with Crippen molar-refractivity contribution in [1.29, 1.82) is 0 Å². The summed E-state index contributed by atoms with van der Waals surface area (Å²) >= 11 is 0. The summed E-state index contributed by atoms with van der Waals surface area (Å²) in [5.41, 5.74) is 1.33. The summed E-state index contributed by atoms with van der Waals surface area (Å²) in [6.45, 7) is 0. The van der Waals surface area contributed by atoms with E-state index in [-0.39, 0.29) is 5.91 Å². The Kier molecular flexibility index (Phi) is 6.54. The summed E-state index contributed by atoms with van der Waals surface area (Å²) in [5, 5.41) is 2.78. The van der Waals surface area contributed by atoms with Crippen molar-refractivity contribution in [2.75, 3.05) is 26.6 Å². The van der Waals surface area contributed by atoms with Gasteiger partial charge in [0.1, 0.15) is 5.75 Å². The molecule has 3 aromatic carbocycles. The topological polar surface area (TPSA) is 83.1 Å². The predicted octanol–water partition coefficient (Wildman–Crippen LogP) is 4.18. The number of rotatable bonds is 7. The first-order valence-electron chi connectivity index (χ1n) is 9.04. The molecule has 3 aromatic rings. The average Bonchev–Trinajstić information content (AvgIpc) is 2.79. The number of hydrogen-bond donors (Lipinski definition) is 1. The number of anilines is 1. The highest BCUT2D eigenvalue weighted by Gasteiger charge is 2.17. The van der Waals surface area contributed by atoms with Crippen molar-refractivity contribution >= 4 is 17.6 Å². The van der Waals surface area contributed by atoms with Crippen molar-refractivity contribution in [3.63, 3.8) is 0 Å². The van der Waals surface area contributed by atoms with E-state index < -0.39 is 5.97 Å². The summed E-state index contributed by atoms with van der Waals surface area (Å²) in [5.74, 6) is 0.721. The van der Waals surface area contributed by atoms with Gasteiger partial charge in [-0.3, -0.25) is 4.79 Å². The first kappa shape index (κ1) is 20.7. The Balaban J connectivity index is 1.71. The Morgan fingerprint density at radius 1 is 0.733 bits per heavy atom. The third kappa shape index (κ3) is 4.70. The van der Waals surface area contributed by atoms with Crippen LogP contribution in [0, 0.1) is 0 Å². The minimum atomic E-state index is -0.454. The molecule has 7 nitrogen and oxygen atoms in total. The number of esters is 1. The van der Waals surface area contributed by atoms with E-state index >= 15 is 0 Å². The number of carbonyl (C=O) groups excluding carboxylic acids is 2. The van der Waals surface area contributed by atoms with Gasteiger partial charge in [0.15, 0.2) is 11.5 Å². The lowest BCUT2D eigenvalue weighted by atomic mass is 10.1. The molecule has 0 aromatic heterocycles. The van der Waals surface area contributed by atoms with Crippen molar-refractivity contribution < 1.29 is 28.5 Å². The van der Waals surface area contributed by atoms with Gasteiger partial charge in [-0.05, 0) is 48.5 Å². The molecule has 0 unspecified atom stereocenters. The van der Waals surface area contributed by atoms with E-state index in [1.54, 1.807) is 60.7 Å². The van der Waals surface area contributed by atoms with E-state index in [9.17, 15) is 9.59 Å². The van der Waals surface area contributed by atoms with E-state index in [4.69, 9.17) is 18.9 Å². The molecule has 0 radical (unpaired) electrons. The van der Waals surface area contributed by atoms with Gasteiger partial charge in [-0.25, -0.2) is 4.79 Å². The second-order valence-corrected chi connectivity index (χ2v) is 6.15. The fourth-order valence-electron chi connectivity index (χ4n) is 2.76. The van der Waals surface area contributed by atoms with Crippen LogP contribution in [-0.2, 0) is 0 Å². The largest absolute Gasteiger partial charge is 0.493 e.